The highest BCUT2D eigenvalue weighted by Crippen LogP contribution is 2.20. The molecule has 0 spiro atoms. The van der Waals surface area contributed by atoms with E-state index in [2.05, 4.69) is 0 Å². The molecule has 1 heterocycles. The molecule has 6 nitrogen and oxygen atoms in total. The maximum atomic E-state index is 12.1. The Morgan fingerprint density at radius 3 is 2.56 bits per heavy atom. The number of amides is 1. The second-order valence-corrected chi connectivity index (χ2v) is 5.23. The first-order chi connectivity index (χ1) is 8.34. The second-order valence-electron chi connectivity index (χ2n) is 5.23. The number of carboxylic acid groups (broad SMARTS) is 1. The molecule has 0 saturated carbocycles. The van der Waals surface area contributed by atoms with E-state index in [1.165, 1.54) is 4.90 Å². The zero-order valence-electron chi connectivity index (χ0n) is 11.1. The molecule has 18 heavy (non-hydrogen) atoms. The van der Waals surface area contributed by atoms with E-state index in [0.29, 0.717) is 12.3 Å². The number of nitrogens with two attached hydrogens (primary N) is 1. The number of hydrogen-bond donors (Lipinski definition) is 2. The Morgan fingerprint density at radius 2 is 2.06 bits per heavy atom. The molecular formula is C12H22N2O4. The molecule has 0 aromatic rings. The van der Waals surface area contributed by atoms with Crippen molar-refractivity contribution in [2.24, 2.45) is 17.6 Å². The van der Waals surface area contributed by atoms with Crippen LogP contribution in [0.25, 0.3) is 0 Å². The molecule has 1 aliphatic heterocycles. The third-order valence-electron chi connectivity index (χ3n) is 3.26. The van der Waals surface area contributed by atoms with Crippen molar-refractivity contribution in [2.75, 3.05) is 20.3 Å². The maximum absolute atomic E-state index is 12.1. The van der Waals surface area contributed by atoms with Crippen LogP contribution in [0.3, 0.4) is 0 Å². The maximum Gasteiger partial charge on any atom is 0.311 e. The predicted octanol–water partition coefficient (Wildman–Crippen LogP) is -0.0822. The first kappa shape index (κ1) is 14.9. The number of carboxylic acids is 1. The number of carbonyl (C=O) groups is 2. The van der Waals surface area contributed by atoms with Crippen molar-refractivity contribution in [3.05, 3.63) is 0 Å². The van der Waals surface area contributed by atoms with Gasteiger partial charge in [-0.3, -0.25) is 9.59 Å². The molecule has 0 aliphatic carbocycles. The van der Waals surface area contributed by atoms with Crippen molar-refractivity contribution in [1.82, 2.24) is 4.90 Å². The number of carbonyl (C=O) groups excluding carboxylic acids is 1. The lowest BCUT2D eigenvalue weighted by Gasteiger charge is -2.29. The number of nitrogens with zero attached hydrogens (tertiary/aromatic N) is 1. The van der Waals surface area contributed by atoms with Crippen molar-refractivity contribution in [1.29, 1.82) is 0 Å². The van der Waals surface area contributed by atoms with E-state index in [-0.39, 0.29) is 19.1 Å². The van der Waals surface area contributed by atoms with Gasteiger partial charge in [-0.1, -0.05) is 13.8 Å². The third kappa shape index (κ3) is 3.43. The van der Waals surface area contributed by atoms with Crippen LogP contribution in [-0.2, 0) is 14.3 Å². The minimum absolute atomic E-state index is 0.150. The average molecular weight is 258 g/mol. The zero-order valence-corrected chi connectivity index (χ0v) is 11.1. The van der Waals surface area contributed by atoms with Crippen LogP contribution >= 0.6 is 0 Å². The van der Waals surface area contributed by atoms with E-state index >= 15 is 0 Å². The normalized spacial score (nSPS) is 25.2. The lowest BCUT2D eigenvalue weighted by Crippen LogP contribution is -2.50. The van der Waals surface area contributed by atoms with Crippen LogP contribution in [-0.4, -0.2) is 54.2 Å². The Balaban J connectivity index is 2.65. The Bertz CT molecular complexity index is 319. The molecule has 1 aliphatic rings. The molecule has 0 aromatic carbocycles. The largest absolute Gasteiger partial charge is 0.481 e. The van der Waals surface area contributed by atoms with E-state index in [9.17, 15) is 9.59 Å². The summed E-state index contributed by atoms with van der Waals surface area (Å²) in [7, 11) is 1.60. The molecule has 0 bridgehead atoms. The summed E-state index contributed by atoms with van der Waals surface area (Å²) in [6, 6.07) is -1.00. The van der Waals surface area contributed by atoms with Gasteiger partial charge in [0, 0.05) is 7.05 Å². The number of likely N-dealkylation sites (N-methyl/N-ethyl adjacent to an activating group) is 1. The summed E-state index contributed by atoms with van der Waals surface area (Å²) in [6.07, 6.45) is 0.592. The Labute approximate surface area is 107 Å². The molecule has 3 atom stereocenters. The smallest absolute Gasteiger partial charge is 0.311 e. The fourth-order valence-electron chi connectivity index (χ4n) is 2.19. The van der Waals surface area contributed by atoms with Gasteiger partial charge in [-0.2, -0.15) is 0 Å². The average Bonchev–Trinajstić information content (AvgIpc) is 2.74. The van der Waals surface area contributed by atoms with Crippen LogP contribution in [0, 0.1) is 11.8 Å². The van der Waals surface area contributed by atoms with Crippen LogP contribution in [0.15, 0.2) is 0 Å². The number of aliphatic carboxylic acids is 1. The predicted molar refractivity (Wildman–Crippen MR) is 65.9 cm³/mol. The highest BCUT2D eigenvalue weighted by molar-refractivity contribution is 5.82. The molecule has 1 rings (SSSR count). The van der Waals surface area contributed by atoms with Gasteiger partial charge in [-0.15, -0.1) is 0 Å². The summed E-state index contributed by atoms with van der Waals surface area (Å²) in [5.41, 5.74) is 5.83. The van der Waals surface area contributed by atoms with E-state index in [1.54, 1.807) is 7.05 Å². The molecule has 104 valence electrons. The Morgan fingerprint density at radius 1 is 1.44 bits per heavy atom. The monoisotopic (exact) mass is 258 g/mol. The standard InChI is InChI=1S/C12H22N2O4/c1-7(2)4-9(13)11(15)14(3)10-6-18-5-8(10)12(16)17/h7-10H,4-6,13H2,1-3H3,(H,16,17). The van der Waals surface area contributed by atoms with Crippen molar-refractivity contribution in [2.45, 2.75) is 32.4 Å². The van der Waals surface area contributed by atoms with Crippen molar-refractivity contribution >= 4 is 11.9 Å². The molecule has 1 fully saturated rings. The lowest BCUT2D eigenvalue weighted by molar-refractivity contribution is -0.144. The van der Waals surface area contributed by atoms with E-state index in [0.717, 1.165) is 0 Å². The van der Waals surface area contributed by atoms with Gasteiger partial charge in [-0.05, 0) is 12.3 Å². The molecule has 0 aromatic heterocycles. The lowest BCUT2D eigenvalue weighted by atomic mass is 9.99. The highest BCUT2D eigenvalue weighted by atomic mass is 16.5. The van der Waals surface area contributed by atoms with Crippen molar-refractivity contribution in [3.63, 3.8) is 0 Å². The molecule has 1 amide bonds. The first-order valence-corrected chi connectivity index (χ1v) is 6.17. The number of rotatable bonds is 5. The Kier molecular flexibility index (Phi) is 5.10. The molecule has 3 unspecified atom stereocenters. The first-order valence-electron chi connectivity index (χ1n) is 6.17. The van der Waals surface area contributed by atoms with Crippen molar-refractivity contribution < 1.29 is 19.4 Å². The van der Waals surface area contributed by atoms with Gasteiger partial charge in [-0.25, -0.2) is 0 Å². The van der Waals surface area contributed by atoms with Gasteiger partial charge in [0.05, 0.1) is 25.3 Å². The van der Waals surface area contributed by atoms with Crippen LogP contribution in [0.2, 0.25) is 0 Å². The Hall–Kier alpha value is -1.14. The molecular weight excluding hydrogens is 236 g/mol. The molecule has 6 heteroatoms. The van der Waals surface area contributed by atoms with Gasteiger partial charge in [0.1, 0.15) is 5.92 Å². The SMILES string of the molecule is CC(C)CC(N)C(=O)N(C)C1COCC1C(=O)O. The summed E-state index contributed by atoms with van der Waals surface area (Å²) < 4.78 is 5.15. The van der Waals surface area contributed by atoms with E-state index < -0.39 is 24.0 Å². The quantitative estimate of drug-likeness (QED) is 0.719. The number of ether oxygens (including phenoxy) is 1. The minimum Gasteiger partial charge on any atom is -0.481 e. The molecule has 3 N–H and O–H groups in total. The second kappa shape index (κ2) is 6.15. The fraction of sp³-hybridized carbons (Fsp3) is 0.833. The van der Waals surface area contributed by atoms with Gasteiger partial charge in [0.25, 0.3) is 0 Å². The molecule has 1 saturated heterocycles. The van der Waals surface area contributed by atoms with Gasteiger partial charge < -0.3 is 20.5 Å². The van der Waals surface area contributed by atoms with E-state index in [1.807, 2.05) is 13.8 Å². The summed E-state index contributed by atoms with van der Waals surface area (Å²) >= 11 is 0. The number of hydrogen-bond acceptors (Lipinski definition) is 4. The van der Waals surface area contributed by atoms with Crippen molar-refractivity contribution in [3.8, 4) is 0 Å². The topological polar surface area (TPSA) is 92.9 Å². The highest BCUT2D eigenvalue weighted by Gasteiger charge is 2.39. The summed E-state index contributed by atoms with van der Waals surface area (Å²) in [5.74, 6) is -1.49. The van der Waals surface area contributed by atoms with Gasteiger partial charge in [0.2, 0.25) is 5.91 Å². The third-order valence-corrected chi connectivity index (χ3v) is 3.26. The van der Waals surface area contributed by atoms with Crippen LogP contribution in [0.5, 0.6) is 0 Å². The van der Waals surface area contributed by atoms with Crippen LogP contribution in [0.4, 0.5) is 0 Å². The van der Waals surface area contributed by atoms with Crippen LogP contribution < -0.4 is 5.73 Å². The van der Waals surface area contributed by atoms with Gasteiger partial charge >= 0.3 is 5.97 Å². The summed E-state index contributed by atoms with van der Waals surface area (Å²) in [4.78, 5) is 24.6. The zero-order chi connectivity index (χ0) is 13.9. The summed E-state index contributed by atoms with van der Waals surface area (Å²) in [6.45, 7) is 4.39. The minimum atomic E-state index is -0.936. The summed E-state index contributed by atoms with van der Waals surface area (Å²) in [5, 5.41) is 9.05. The molecule has 0 radical (unpaired) electrons. The fourth-order valence-corrected chi connectivity index (χ4v) is 2.19. The van der Waals surface area contributed by atoms with E-state index in [4.69, 9.17) is 15.6 Å². The van der Waals surface area contributed by atoms with Crippen LogP contribution in [0.1, 0.15) is 20.3 Å². The van der Waals surface area contributed by atoms with Gasteiger partial charge in [0.15, 0.2) is 0 Å².